The van der Waals surface area contributed by atoms with E-state index >= 15 is 0 Å². The van der Waals surface area contributed by atoms with Crippen LogP contribution in [0, 0.1) is 6.92 Å². The van der Waals surface area contributed by atoms with E-state index in [1.807, 2.05) is 0 Å². The van der Waals surface area contributed by atoms with Crippen molar-refractivity contribution in [1.29, 1.82) is 0 Å². The predicted molar refractivity (Wildman–Crippen MR) is 113 cm³/mol. The summed E-state index contributed by atoms with van der Waals surface area (Å²) >= 11 is 0. The van der Waals surface area contributed by atoms with Gasteiger partial charge in [0.25, 0.3) is 0 Å². The van der Waals surface area contributed by atoms with Crippen LogP contribution in [0.3, 0.4) is 0 Å². The van der Waals surface area contributed by atoms with Crippen molar-refractivity contribution in [2.24, 2.45) is 0 Å². The molecule has 1 aromatic carbocycles. The number of benzene rings is 1. The lowest BCUT2D eigenvalue weighted by Gasteiger charge is -2.22. The zero-order valence-corrected chi connectivity index (χ0v) is 20.0. The molecule has 2 aromatic rings. The summed E-state index contributed by atoms with van der Waals surface area (Å²) in [6, 6.07) is 8.65. The first kappa shape index (κ1) is 29.9. The van der Waals surface area contributed by atoms with Crippen LogP contribution in [0.4, 0.5) is 26.3 Å². The van der Waals surface area contributed by atoms with E-state index in [2.05, 4.69) is 66.0 Å². The average Bonchev–Trinajstić information content (AvgIpc) is 3.15. The molecule has 0 aliphatic rings. The largest absolute Gasteiger partial charge is 0.480 e. The van der Waals surface area contributed by atoms with Crippen molar-refractivity contribution in [3.63, 3.8) is 0 Å². The monoisotopic (exact) mass is 537 g/mol. The molecule has 0 aliphatic heterocycles. The van der Waals surface area contributed by atoms with Gasteiger partial charge in [-0.05, 0) is 31.9 Å². The molecule has 0 saturated carbocycles. The summed E-state index contributed by atoms with van der Waals surface area (Å²) in [6.07, 6.45) is 13.2. The fraction of sp³-hybridized carbons (Fsp3) is 0.526. The highest BCUT2D eigenvalue weighted by molar-refractivity contribution is 8.13. The standard InChI is InChI=1S/C17H25N2.C2F6NO4S2/c1-3-4-5-6-7-12-18-13-14-19(15-18)17-10-8-16(2)9-11-17;3-1(4,5)14(10,11)9-15(12,13)2(6,7)8/h8-11,13-15H,3-7,12H2,1-2H3;/q+1;-1. The molecule has 0 atom stereocenters. The maximum atomic E-state index is 11.4. The topological polar surface area (TPSA) is 91.2 Å². The van der Waals surface area contributed by atoms with Gasteiger partial charge in [-0.3, -0.25) is 0 Å². The van der Waals surface area contributed by atoms with E-state index in [0.717, 1.165) is 10.7 Å². The van der Waals surface area contributed by atoms with Gasteiger partial charge in [-0.25, -0.2) is 26.0 Å². The van der Waals surface area contributed by atoms with Crippen LogP contribution in [0.1, 0.15) is 44.6 Å². The first-order chi connectivity index (χ1) is 15.5. The maximum Gasteiger partial charge on any atom is 0.480 e. The fourth-order valence-electron chi connectivity index (χ4n) is 2.51. The second-order valence-electron chi connectivity index (χ2n) is 7.22. The minimum absolute atomic E-state index is 0.778. The summed E-state index contributed by atoms with van der Waals surface area (Å²) < 4.78 is 114. The Labute approximate surface area is 194 Å². The molecule has 7 nitrogen and oxygen atoms in total. The van der Waals surface area contributed by atoms with Crippen molar-refractivity contribution in [3.8, 4) is 5.69 Å². The molecule has 34 heavy (non-hydrogen) atoms. The van der Waals surface area contributed by atoms with Crippen molar-refractivity contribution in [2.45, 2.75) is 63.5 Å². The Bertz CT molecular complexity index is 1070. The van der Waals surface area contributed by atoms with E-state index < -0.39 is 31.1 Å². The molecule has 0 radical (unpaired) electrons. The quantitative estimate of drug-likeness (QED) is 0.253. The third kappa shape index (κ3) is 9.25. The second kappa shape index (κ2) is 12.0. The van der Waals surface area contributed by atoms with E-state index in [4.69, 9.17) is 0 Å². The number of imidazole rings is 1. The highest BCUT2D eigenvalue weighted by atomic mass is 32.3. The SMILES string of the molecule is CCCCCCC[n+]1ccn(-c2ccc(C)cc2)c1.O=S(=O)([N-]S(=O)(=O)C(F)(F)F)C(F)(F)F. The van der Waals surface area contributed by atoms with Crippen LogP contribution in [0.5, 0.6) is 0 Å². The highest BCUT2D eigenvalue weighted by Crippen LogP contribution is 2.36. The van der Waals surface area contributed by atoms with Crippen molar-refractivity contribution < 1.29 is 47.7 Å². The molecule has 0 spiro atoms. The van der Waals surface area contributed by atoms with E-state index in [1.54, 1.807) is 0 Å². The lowest BCUT2D eigenvalue weighted by atomic mass is 10.1. The molecule has 0 amide bonds. The number of aryl methyl sites for hydroxylation is 2. The predicted octanol–water partition coefficient (Wildman–Crippen LogP) is 5.10. The molecule has 0 unspecified atom stereocenters. The van der Waals surface area contributed by atoms with Crippen LogP contribution in [-0.2, 0) is 26.6 Å². The normalized spacial score (nSPS) is 12.8. The summed E-state index contributed by atoms with van der Waals surface area (Å²) in [7, 11) is -13.4. The Morgan fingerprint density at radius 3 is 1.82 bits per heavy atom. The van der Waals surface area contributed by atoms with Crippen LogP contribution < -0.4 is 4.57 Å². The summed E-state index contributed by atoms with van der Waals surface area (Å²) in [5.74, 6) is 0. The van der Waals surface area contributed by atoms with Crippen LogP contribution in [0.25, 0.3) is 9.81 Å². The smallest absolute Gasteiger partial charge is 0.421 e. The minimum Gasteiger partial charge on any atom is -0.421 e. The molecule has 1 heterocycles. The molecule has 15 heteroatoms. The van der Waals surface area contributed by atoms with Crippen molar-refractivity contribution in [2.75, 3.05) is 0 Å². The van der Waals surface area contributed by atoms with E-state index in [-0.39, 0.29) is 0 Å². The molecular weight excluding hydrogens is 512 g/mol. The lowest BCUT2D eigenvalue weighted by Crippen LogP contribution is -2.30. The Hall–Kier alpha value is -2.13. The Balaban J connectivity index is 0.000000352. The maximum absolute atomic E-state index is 11.4. The first-order valence-corrected chi connectivity index (χ1v) is 12.9. The van der Waals surface area contributed by atoms with Gasteiger partial charge in [-0.2, -0.15) is 26.3 Å². The number of rotatable bonds is 9. The van der Waals surface area contributed by atoms with Crippen LogP contribution in [0.15, 0.2) is 43.0 Å². The van der Waals surface area contributed by atoms with E-state index in [9.17, 15) is 43.2 Å². The molecule has 194 valence electrons. The van der Waals surface area contributed by atoms with Gasteiger partial charge in [0.1, 0.15) is 18.1 Å². The highest BCUT2D eigenvalue weighted by Gasteiger charge is 2.46. The van der Waals surface area contributed by atoms with Gasteiger partial charge in [0.05, 0.1) is 6.54 Å². The number of nitrogens with zero attached hydrogens (tertiary/aromatic N) is 3. The molecule has 0 saturated heterocycles. The molecule has 0 aliphatic carbocycles. The summed E-state index contributed by atoms with van der Waals surface area (Å²) in [6.45, 7) is 5.51. The minimum atomic E-state index is -6.72. The number of sulfonamides is 2. The summed E-state index contributed by atoms with van der Waals surface area (Å²) in [5.41, 5.74) is -9.87. The Kier molecular flexibility index (Phi) is 10.6. The van der Waals surface area contributed by atoms with Gasteiger partial charge in [-0.15, -0.1) is 0 Å². The van der Waals surface area contributed by atoms with Crippen LogP contribution in [-0.4, -0.2) is 32.4 Å². The van der Waals surface area contributed by atoms with E-state index in [1.165, 1.54) is 43.4 Å². The van der Waals surface area contributed by atoms with Gasteiger partial charge in [0, 0.05) is 0 Å². The second-order valence-corrected chi connectivity index (χ2v) is 10.6. The number of hydrogen-bond donors (Lipinski definition) is 0. The lowest BCUT2D eigenvalue weighted by molar-refractivity contribution is -0.696. The Morgan fingerprint density at radius 2 is 1.35 bits per heavy atom. The first-order valence-electron chi connectivity index (χ1n) is 10.0. The number of unbranched alkanes of at least 4 members (excludes halogenated alkanes) is 4. The number of hydrogen-bond acceptors (Lipinski definition) is 4. The number of aromatic nitrogens is 2. The van der Waals surface area contributed by atoms with Crippen molar-refractivity contribution in [3.05, 3.63) is 52.7 Å². The third-order valence-electron chi connectivity index (χ3n) is 4.32. The van der Waals surface area contributed by atoms with Crippen LogP contribution >= 0.6 is 0 Å². The van der Waals surface area contributed by atoms with E-state index in [0.29, 0.717) is 0 Å². The van der Waals surface area contributed by atoms with Crippen molar-refractivity contribution in [1.82, 2.24) is 4.57 Å². The summed E-state index contributed by atoms with van der Waals surface area (Å²) in [5, 5.41) is 0. The molecular formula is C19H25F6N3O4S2. The van der Waals surface area contributed by atoms with Gasteiger partial charge in [-0.1, -0.05) is 43.9 Å². The zero-order valence-electron chi connectivity index (χ0n) is 18.3. The summed E-state index contributed by atoms with van der Waals surface area (Å²) in [4.78, 5) is 0. The number of halogens is 6. The molecule has 0 bridgehead atoms. The molecule has 1 aromatic heterocycles. The fourth-order valence-corrected chi connectivity index (χ4v) is 4.22. The number of alkyl halides is 6. The zero-order chi connectivity index (χ0) is 26.2. The Morgan fingerprint density at radius 1 is 0.853 bits per heavy atom. The molecule has 0 N–H and O–H groups in total. The van der Waals surface area contributed by atoms with Gasteiger partial charge >= 0.3 is 11.0 Å². The van der Waals surface area contributed by atoms with Gasteiger partial charge in [0.2, 0.25) is 6.33 Å². The van der Waals surface area contributed by atoms with Crippen LogP contribution in [0.2, 0.25) is 0 Å². The van der Waals surface area contributed by atoms with Gasteiger partial charge < -0.3 is 4.13 Å². The molecule has 2 rings (SSSR count). The molecule has 0 fully saturated rings. The van der Waals surface area contributed by atoms with Crippen molar-refractivity contribution >= 4 is 20.0 Å². The third-order valence-corrected chi connectivity index (χ3v) is 7.06. The van der Waals surface area contributed by atoms with Gasteiger partial charge in [0.15, 0.2) is 20.0 Å². The average molecular weight is 538 g/mol.